The molecule has 76 valence electrons. The van der Waals surface area contributed by atoms with Gasteiger partial charge in [-0.25, -0.2) is 0 Å². The van der Waals surface area contributed by atoms with Crippen molar-refractivity contribution in [2.45, 2.75) is 25.8 Å². The molecule has 0 aromatic carbocycles. The molecule has 0 bridgehead atoms. The largest absolute Gasteiger partial charge is 0.480 e. The summed E-state index contributed by atoms with van der Waals surface area (Å²) in [5.41, 5.74) is 5.45. The number of nitrogens with two attached hydrogens (primary N) is 1. The van der Waals surface area contributed by atoms with Crippen LogP contribution in [-0.4, -0.2) is 41.7 Å². The van der Waals surface area contributed by atoms with Gasteiger partial charge in [0.1, 0.15) is 6.04 Å². The molecule has 0 aliphatic carbocycles. The molecule has 0 saturated carbocycles. The van der Waals surface area contributed by atoms with Gasteiger partial charge in [0.05, 0.1) is 0 Å². The fraction of sp³-hybridized carbons (Fsp3) is 0.889. The van der Waals surface area contributed by atoms with Gasteiger partial charge >= 0.3 is 5.97 Å². The molecule has 2 atom stereocenters. The van der Waals surface area contributed by atoms with E-state index in [1.54, 1.807) is 0 Å². The number of aliphatic carboxylic acids is 1. The number of likely N-dealkylation sites (tertiary alicyclic amines) is 1. The lowest BCUT2D eigenvalue weighted by Crippen LogP contribution is -2.46. The van der Waals surface area contributed by atoms with Crippen molar-refractivity contribution in [3.05, 3.63) is 0 Å². The van der Waals surface area contributed by atoms with Crippen LogP contribution in [0, 0.1) is 5.92 Å². The number of hydrogen-bond donors (Lipinski definition) is 2. The molecule has 4 heteroatoms. The fourth-order valence-electron chi connectivity index (χ4n) is 1.81. The van der Waals surface area contributed by atoms with Gasteiger partial charge in [-0.1, -0.05) is 6.92 Å². The maximum atomic E-state index is 10.5. The summed E-state index contributed by atoms with van der Waals surface area (Å²) in [6.07, 6.45) is 2.41. The predicted molar refractivity (Wildman–Crippen MR) is 50.4 cm³/mol. The van der Waals surface area contributed by atoms with Crippen LogP contribution in [0.2, 0.25) is 0 Å². The summed E-state index contributed by atoms with van der Waals surface area (Å²) < 4.78 is 0. The molecule has 0 spiro atoms. The Morgan fingerprint density at radius 1 is 1.77 bits per heavy atom. The molecule has 0 radical (unpaired) electrons. The Balaban J connectivity index is 2.31. The topological polar surface area (TPSA) is 66.6 Å². The number of carboxylic acid groups (broad SMARTS) is 1. The molecule has 1 fully saturated rings. The monoisotopic (exact) mass is 186 g/mol. The first kappa shape index (κ1) is 10.5. The SMILES string of the molecule is CC1CCCN(CC(N)C(=O)O)C1. The summed E-state index contributed by atoms with van der Waals surface area (Å²) in [5, 5.41) is 8.63. The van der Waals surface area contributed by atoms with Crippen LogP contribution in [0.15, 0.2) is 0 Å². The molecular weight excluding hydrogens is 168 g/mol. The molecule has 0 aromatic heterocycles. The Kier molecular flexibility index (Phi) is 3.69. The van der Waals surface area contributed by atoms with Crippen molar-refractivity contribution in [3.63, 3.8) is 0 Å². The number of rotatable bonds is 3. The van der Waals surface area contributed by atoms with Gasteiger partial charge in [-0.2, -0.15) is 0 Å². The first-order valence-electron chi connectivity index (χ1n) is 4.80. The summed E-state index contributed by atoms with van der Waals surface area (Å²) in [6.45, 7) is 4.66. The van der Waals surface area contributed by atoms with Crippen LogP contribution in [0.5, 0.6) is 0 Å². The van der Waals surface area contributed by atoms with Crippen molar-refractivity contribution >= 4 is 5.97 Å². The second kappa shape index (κ2) is 4.58. The summed E-state index contributed by atoms with van der Waals surface area (Å²) >= 11 is 0. The molecule has 1 aliphatic rings. The molecule has 3 N–H and O–H groups in total. The Labute approximate surface area is 78.7 Å². The Morgan fingerprint density at radius 3 is 3.00 bits per heavy atom. The van der Waals surface area contributed by atoms with Gasteiger partial charge in [0.2, 0.25) is 0 Å². The van der Waals surface area contributed by atoms with Crippen LogP contribution >= 0.6 is 0 Å². The number of hydrogen-bond acceptors (Lipinski definition) is 3. The maximum absolute atomic E-state index is 10.5. The zero-order valence-electron chi connectivity index (χ0n) is 8.07. The van der Waals surface area contributed by atoms with Crippen molar-refractivity contribution in [1.82, 2.24) is 4.90 Å². The van der Waals surface area contributed by atoms with E-state index in [-0.39, 0.29) is 0 Å². The first-order chi connectivity index (χ1) is 6.09. The molecule has 1 aliphatic heterocycles. The van der Waals surface area contributed by atoms with E-state index in [4.69, 9.17) is 10.8 Å². The third kappa shape index (κ3) is 3.32. The zero-order chi connectivity index (χ0) is 9.84. The van der Waals surface area contributed by atoms with Gasteiger partial charge < -0.3 is 15.7 Å². The predicted octanol–water partition coefficient (Wildman–Crippen LogP) is 0.130. The minimum atomic E-state index is -0.904. The first-order valence-corrected chi connectivity index (χ1v) is 4.80. The zero-order valence-corrected chi connectivity index (χ0v) is 8.07. The highest BCUT2D eigenvalue weighted by Gasteiger charge is 2.20. The van der Waals surface area contributed by atoms with Crippen LogP contribution in [0.4, 0.5) is 0 Å². The van der Waals surface area contributed by atoms with Crippen molar-refractivity contribution in [3.8, 4) is 0 Å². The van der Waals surface area contributed by atoms with Crippen LogP contribution in [-0.2, 0) is 4.79 Å². The van der Waals surface area contributed by atoms with Crippen LogP contribution in [0.1, 0.15) is 19.8 Å². The van der Waals surface area contributed by atoms with Crippen LogP contribution < -0.4 is 5.73 Å². The molecule has 0 aromatic rings. The van der Waals surface area contributed by atoms with Gasteiger partial charge in [-0.3, -0.25) is 4.79 Å². The molecule has 2 unspecified atom stereocenters. The standard InChI is InChI=1S/C9H18N2O2/c1-7-3-2-4-11(5-7)6-8(10)9(12)13/h7-8H,2-6,10H2,1H3,(H,12,13). The molecule has 1 heterocycles. The van der Waals surface area contributed by atoms with Gasteiger partial charge in [0.15, 0.2) is 0 Å². The Bertz CT molecular complexity index is 184. The average Bonchev–Trinajstić information content (AvgIpc) is 2.04. The molecule has 0 amide bonds. The van der Waals surface area contributed by atoms with E-state index in [2.05, 4.69) is 11.8 Å². The summed E-state index contributed by atoms with van der Waals surface area (Å²) in [5.74, 6) is -0.229. The third-order valence-corrected chi connectivity index (χ3v) is 2.51. The van der Waals surface area contributed by atoms with Crippen molar-refractivity contribution in [2.24, 2.45) is 11.7 Å². The van der Waals surface area contributed by atoms with Crippen molar-refractivity contribution in [2.75, 3.05) is 19.6 Å². The van der Waals surface area contributed by atoms with Crippen LogP contribution in [0.25, 0.3) is 0 Å². The second-order valence-electron chi connectivity index (χ2n) is 3.95. The number of piperidine rings is 1. The van der Waals surface area contributed by atoms with Crippen LogP contribution in [0.3, 0.4) is 0 Å². The van der Waals surface area contributed by atoms with Gasteiger partial charge in [-0.15, -0.1) is 0 Å². The molecule has 1 rings (SSSR count). The molecule has 4 nitrogen and oxygen atoms in total. The van der Waals surface area contributed by atoms with Gasteiger partial charge in [-0.05, 0) is 25.3 Å². The summed E-state index contributed by atoms with van der Waals surface area (Å²) in [4.78, 5) is 12.6. The van der Waals surface area contributed by atoms with E-state index in [1.807, 2.05) is 0 Å². The lowest BCUT2D eigenvalue weighted by molar-refractivity contribution is -0.139. The second-order valence-corrected chi connectivity index (χ2v) is 3.95. The fourth-order valence-corrected chi connectivity index (χ4v) is 1.81. The highest BCUT2D eigenvalue weighted by molar-refractivity contribution is 5.73. The highest BCUT2D eigenvalue weighted by Crippen LogP contribution is 2.15. The lowest BCUT2D eigenvalue weighted by Gasteiger charge is -2.31. The highest BCUT2D eigenvalue weighted by atomic mass is 16.4. The van der Waals surface area contributed by atoms with Crippen molar-refractivity contribution in [1.29, 1.82) is 0 Å². The average molecular weight is 186 g/mol. The summed E-state index contributed by atoms with van der Waals surface area (Å²) in [7, 11) is 0. The minimum absolute atomic E-state index is 0.486. The quantitative estimate of drug-likeness (QED) is 0.657. The van der Waals surface area contributed by atoms with E-state index in [0.717, 1.165) is 19.5 Å². The number of carboxylic acids is 1. The molecular formula is C9H18N2O2. The number of carbonyl (C=O) groups is 1. The number of nitrogens with zero attached hydrogens (tertiary/aromatic N) is 1. The van der Waals surface area contributed by atoms with Crippen molar-refractivity contribution < 1.29 is 9.90 Å². The normalized spacial score (nSPS) is 27.1. The molecule has 1 saturated heterocycles. The maximum Gasteiger partial charge on any atom is 0.321 e. The summed E-state index contributed by atoms with van der Waals surface area (Å²) in [6, 6.07) is -0.731. The smallest absolute Gasteiger partial charge is 0.321 e. The lowest BCUT2D eigenvalue weighted by atomic mass is 10.00. The van der Waals surface area contributed by atoms with Gasteiger partial charge in [0.25, 0.3) is 0 Å². The van der Waals surface area contributed by atoms with E-state index < -0.39 is 12.0 Å². The van der Waals surface area contributed by atoms with E-state index in [0.29, 0.717) is 12.5 Å². The van der Waals surface area contributed by atoms with E-state index in [1.165, 1.54) is 6.42 Å². The Hall–Kier alpha value is -0.610. The van der Waals surface area contributed by atoms with E-state index >= 15 is 0 Å². The van der Waals surface area contributed by atoms with Gasteiger partial charge in [0, 0.05) is 13.1 Å². The minimum Gasteiger partial charge on any atom is -0.480 e. The van der Waals surface area contributed by atoms with E-state index in [9.17, 15) is 4.79 Å². The molecule has 13 heavy (non-hydrogen) atoms. The third-order valence-electron chi connectivity index (χ3n) is 2.51. The Morgan fingerprint density at radius 2 is 2.46 bits per heavy atom.